The van der Waals surface area contributed by atoms with Crippen LogP contribution in [0.1, 0.15) is 40.3 Å². The van der Waals surface area contributed by atoms with Gasteiger partial charge in [0, 0.05) is 38.6 Å². The van der Waals surface area contributed by atoms with Crippen LogP contribution in [0.25, 0.3) is 5.69 Å². The summed E-state index contributed by atoms with van der Waals surface area (Å²) in [6, 6.07) is 11.6. The average molecular weight is 474 g/mol. The highest BCUT2D eigenvalue weighted by molar-refractivity contribution is 5.96. The van der Waals surface area contributed by atoms with Crippen LogP contribution in [-0.4, -0.2) is 52.8 Å². The summed E-state index contributed by atoms with van der Waals surface area (Å²) in [6.07, 6.45) is -2.31. The predicted octanol–water partition coefficient (Wildman–Crippen LogP) is 3.29. The number of nitrogens with zero attached hydrogens (tertiary/aromatic N) is 4. The Labute approximate surface area is 194 Å². The molecule has 8 nitrogen and oxygen atoms in total. The number of aromatic nitrogens is 3. The lowest BCUT2D eigenvalue weighted by Crippen LogP contribution is -2.35. The van der Waals surface area contributed by atoms with Crippen molar-refractivity contribution in [3.05, 3.63) is 71.7 Å². The number of hydrogen-bond acceptors (Lipinski definition) is 5. The van der Waals surface area contributed by atoms with E-state index in [-0.39, 0.29) is 13.1 Å². The summed E-state index contributed by atoms with van der Waals surface area (Å²) in [5.41, 5.74) is -1.15. The Balaban J connectivity index is 1.59. The first kappa shape index (κ1) is 24.7. The van der Waals surface area contributed by atoms with Crippen molar-refractivity contribution >= 4 is 17.6 Å². The van der Waals surface area contributed by atoms with Crippen LogP contribution in [0.15, 0.2) is 54.9 Å². The van der Waals surface area contributed by atoms with E-state index in [1.807, 2.05) is 18.7 Å². The molecule has 2 aromatic heterocycles. The number of alkyl halides is 3. The highest BCUT2D eigenvalue weighted by atomic mass is 19.4. The lowest BCUT2D eigenvalue weighted by atomic mass is 10.2. The maximum absolute atomic E-state index is 13.4. The normalized spacial score (nSPS) is 11.2. The number of amides is 2. The van der Waals surface area contributed by atoms with Gasteiger partial charge >= 0.3 is 6.18 Å². The van der Waals surface area contributed by atoms with Crippen molar-refractivity contribution in [2.75, 3.05) is 31.1 Å². The molecule has 0 radical (unpaired) electrons. The molecule has 3 rings (SSSR count). The van der Waals surface area contributed by atoms with E-state index in [0.717, 1.165) is 29.8 Å². The molecule has 0 aliphatic carbocycles. The van der Waals surface area contributed by atoms with Gasteiger partial charge in [0.15, 0.2) is 5.69 Å². The summed E-state index contributed by atoms with van der Waals surface area (Å²) in [5, 5.41) is 8.55. The van der Waals surface area contributed by atoms with E-state index in [1.54, 1.807) is 42.5 Å². The Bertz CT molecular complexity index is 1110. The Morgan fingerprint density at radius 3 is 2.18 bits per heavy atom. The van der Waals surface area contributed by atoms with Gasteiger partial charge in [0.05, 0.1) is 16.8 Å². The molecule has 0 aliphatic heterocycles. The summed E-state index contributed by atoms with van der Waals surface area (Å²) in [7, 11) is 0. The molecular weight excluding hydrogens is 449 g/mol. The number of para-hydroxylation sites is 1. The van der Waals surface area contributed by atoms with Crippen molar-refractivity contribution in [3.63, 3.8) is 0 Å². The van der Waals surface area contributed by atoms with Crippen LogP contribution in [0.4, 0.5) is 19.0 Å². The molecule has 3 aromatic rings. The van der Waals surface area contributed by atoms with Gasteiger partial charge in [-0.15, -0.1) is 0 Å². The molecule has 2 amide bonds. The molecule has 0 spiro atoms. The average Bonchev–Trinajstić information content (AvgIpc) is 3.30. The van der Waals surface area contributed by atoms with Gasteiger partial charge in [-0.25, -0.2) is 9.67 Å². The first-order valence-corrected chi connectivity index (χ1v) is 10.7. The Kier molecular flexibility index (Phi) is 7.87. The van der Waals surface area contributed by atoms with Crippen LogP contribution < -0.4 is 15.5 Å². The second-order valence-electron chi connectivity index (χ2n) is 7.26. The Hall–Kier alpha value is -3.89. The molecular formula is C23H25F3N6O2. The van der Waals surface area contributed by atoms with Crippen molar-refractivity contribution < 1.29 is 22.8 Å². The fourth-order valence-electron chi connectivity index (χ4n) is 3.27. The highest BCUT2D eigenvalue weighted by Gasteiger charge is 2.39. The molecule has 34 heavy (non-hydrogen) atoms. The zero-order valence-electron chi connectivity index (χ0n) is 18.8. The lowest BCUT2D eigenvalue weighted by molar-refractivity contribution is -0.141. The monoisotopic (exact) mass is 474 g/mol. The van der Waals surface area contributed by atoms with E-state index < -0.39 is 29.2 Å². The van der Waals surface area contributed by atoms with Gasteiger partial charge in [-0.3, -0.25) is 9.59 Å². The summed E-state index contributed by atoms with van der Waals surface area (Å²) in [5.74, 6) is -0.583. The van der Waals surface area contributed by atoms with Crippen molar-refractivity contribution in [1.82, 2.24) is 25.4 Å². The number of carbonyl (C=O) groups is 2. The van der Waals surface area contributed by atoms with E-state index in [2.05, 4.69) is 20.7 Å². The smallest absolute Gasteiger partial charge is 0.357 e. The quantitative estimate of drug-likeness (QED) is 0.465. The standard InChI is InChI=1S/C23H25F3N6O2/c1-3-31(4-2)19-11-10-16(14-29-19)21(33)27-12-13-28-22(34)18-15-32(17-8-6-5-7-9-17)30-20(18)23(24,25)26/h5-11,14-15H,3-4,12-13H2,1-2H3,(H,27,33)(H,28,34). The van der Waals surface area contributed by atoms with E-state index in [4.69, 9.17) is 0 Å². The van der Waals surface area contributed by atoms with Crippen LogP contribution in [0, 0.1) is 0 Å². The summed E-state index contributed by atoms with van der Waals surface area (Å²) in [4.78, 5) is 31.0. The van der Waals surface area contributed by atoms with Gasteiger partial charge in [0.2, 0.25) is 0 Å². The maximum atomic E-state index is 13.4. The Morgan fingerprint density at radius 1 is 0.971 bits per heavy atom. The molecule has 0 bridgehead atoms. The van der Waals surface area contributed by atoms with E-state index in [1.165, 1.54) is 6.20 Å². The van der Waals surface area contributed by atoms with Crippen molar-refractivity contribution in [3.8, 4) is 5.69 Å². The van der Waals surface area contributed by atoms with E-state index in [9.17, 15) is 22.8 Å². The number of anilines is 1. The third kappa shape index (κ3) is 5.91. The molecule has 11 heteroatoms. The molecule has 0 fully saturated rings. The fourth-order valence-corrected chi connectivity index (χ4v) is 3.27. The zero-order chi connectivity index (χ0) is 24.7. The molecule has 2 heterocycles. The highest BCUT2D eigenvalue weighted by Crippen LogP contribution is 2.31. The number of carbonyl (C=O) groups excluding carboxylic acids is 2. The third-order valence-electron chi connectivity index (χ3n) is 5.04. The molecule has 0 unspecified atom stereocenters. The summed E-state index contributed by atoms with van der Waals surface area (Å²) >= 11 is 0. The molecule has 0 saturated carbocycles. The number of benzene rings is 1. The van der Waals surface area contributed by atoms with Gasteiger partial charge in [0.1, 0.15) is 5.82 Å². The number of pyridine rings is 1. The van der Waals surface area contributed by atoms with Gasteiger partial charge in [-0.2, -0.15) is 18.3 Å². The topological polar surface area (TPSA) is 92.2 Å². The first-order chi connectivity index (χ1) is 16.2. The maximum Gasteiger partial charge on any atom is 0.435 e. The van der Waals surface area contributed by atoms with Crippen LogP contribution in [0.3, 0.4) is 0 Å². The van der Waals surface area contributed by atoms with E-state index in [0.29, 0.717) is 11.3 Å². The summed E-state index contributed by atoms with van der Waals surface area (Å²) < 4.78 is 41.3. The van der Waals surface area contributed by atoms with Crippen LogP contribution in [0.5, 0.6) is 0 Å². The SMILES string of the molecule is CCN(CC)c1ccc(C(=O)NCCNC(=O)c2cn(-c3ccccc3)nc2C(F)(F)F)cn1. The van der Waals surface area contributed by atoms with Gasteiger partial charge in [0.25, 0.3) is 11.8 Å². The lowest BCUT2D eigenvalue weighted by Gasteiger charge is -2.19. The summed E-state index contributed by atoms with van der Waals surface area (Å²) in [6.45, 7) is 5.54. The zero-order valence-corrected chi connectivity index (χ0v) is 18.8. The van der Waals surface area contributed by atoms with Crippen molar-refractivity contribution in [2.45, 2.75) is 20.0 Å². The van der Waals surface area contributed by atoms with Crippen LogP contribution in [-0.2, 0) is 6.18 Å². The predicted molar refractivity (Wildman–Crippen MR) is 121 cm³/mol. The van der Waals surface area contributed by atoms with Crippen molar-refractivity contribution in [1.29, 1.82) is 0 Å². The number of rotatable bonds is 9. The minimum atomic E-state index is -4.80. The van der Waals surface area contributed by atoms with Crippen LogP contribution in [0.2, 0.25) is 0 Å². The van der Waals surface area contributed by atoms with Gasteiger partial charge in [-0.1, -0.05) is 18.2 Å². The Morgan fingerprint density at radius 2 is 1.62 bits per heavy atom. The van der Waals surface area contributed by atoms with Crippen LogP contribution >= 0.6 is 0 Å². The molecule has 0 aliphatic rings. The molecule has 2 N–H and O–H groups in total. The van der Waals surface area contributed by atoms with Gasteiger partial charge < -0.3 is 15.5 Å². The number of nitrogens with one attached hydrogen (secondary N) is 2. The molecule has 0 atom stereocenters. The molecule has 180 valence electrons. The largest absolute Gasteiger partial charge is 0.435 e. The third-order valence-corrected chi connectivity index (χ3v) is 5.04. The minimum absolute atomic E-state index is 0.0243. The second kappa shape index (κ2) is 10.8. The van der Waals surface area contributed by atoms with Gasteiger partial charge in [-0.05, 0) is 38.1 Å². The number of hydrogen-bond donors (Lipinski definition) is 2. The fraction of sp³-hybridized carbons (Fsp3) is 0.304. The molecule has 0 saturated heterocycles. The second-order valence-corrected chi connectivity index (χ2v) is 7.26. The minimum Gasteiger partial charge on any atom is -0.357 e. The molecule has 1 aromatic carbocycles. The van der Waals surface area contributed by atoms with E-state index >= 15 is 0 Å². The van der Waals surface area contributed by atoms with Crippen molar-refractivity contribution in [2.24, 2.45) is 0 Å². The number of halogens is 3. The first-order valence-electron chi connectivity index (χ1n) is 10.7.